The first-order valence-corrected chi connectivity index (χ1v) is 6.59. The maximum Gasteiger partial charge on any atom is 0.131 e. The van der Waals surface area contributed by atoms with E-state index < -0.39 is 12.2 Å². The molecule has 0 radical (unpaired) electrons. The molecule has 1 saturated heterocycles. The zero-order valence-corrected chi connectivity index (χ0v) is 11.4. The Morgan fingerprint density at radius 1 is 1.40 bits per heavy atom. The lowest BCUT2D eigenvalue weighted by atomic mass is 9.96. The summed E-state index contributed by atoms with van der Waals surface area (Å²) in [7, 11) is 1.49. The molecule has 0 bridgehead atoms. The van der Waals surface area contributed by atoms with E-state index in [1.54, 1.807) is 12.1 Å². The van der Waals surface area contributed by atoms with Gasteiger partial charge in [0.2, 0.25) is 0 Å². The molecule has 1 aromatic rings. The van der Waals surface area contributed by atoms with Crippen molar-refractivity contribution < 1.29 is 24.1 Å². The number of aliphatic hydroxyl groups is 2. The lowest BCUT2D eigenvalue weighted by Crippen LogP contribution is -2.47. The summed E-state index contributed by atoms with van der Waals surface area (Å²) in [4.78, 5) is 0. The smallest absolute Gasteiger partial charge is 0.131 e. The molecule has 1 aromatic carbocycles. The van der Waals surface area contributed by atoms with Gasteiger partial charge in [0.25, 0.3) is 0 Å². The second kappa shape index (κ2) is 6.99. The number of aliphatic hydroxyl groups excluding tert-OH is 2. The lowest BCUT2D eigenvalue weighted by Gasteiger charge is -2.32. The van der Waals surface area contributed by atoms with Gasteiger partial charge >= 0.3 is 0 Å². The van der Waals surface area contributed by atoms with E-state index in [0.717, 1.165) is 0 Å². The third kappa shape index (κ3) is 3.46. The van der Waals surface area contributed by atoms with Gasteiger partial charge in [-0.15, -0.1) is 0 Å². The number of hydrogen-bond acceptors (Lipinski definition) is 5. The van der Waals surface area contributed by atoms with Crippen LogP contribution in [0.25, 0.3) is 0 Å². The van der Waals surface area contributed by atoms with Crippen LogP contribution in [0, 0.1) is 11.7 Å². The van der Waals surface area contributed by atoms with Crippen LogP contribution >= 0.6 is 0 Å². The minimum absolute atomic E-state index is 0.152. The van der Waals surface area contributed by atoms with Crippen LogP contribution in [0.2, 0.25) is 0 Å². The second-order valence-corrected chi connectivity index (χ2v) is 4.91. The van der Waals surface area contributed by atoms with Crippen molar-refractivity contribution in [1.29, 1.82) is 0 Å². The quantitative estimate of drug-likeness (QED) is 0.725. The summed E-state index contributed by atoms with van der Waals surface area (Å²) >= 11 is 0. The standard InChI is InChI=1S/C14H20FNO4/c1-19-13-4-2-3-11(15)10(13)6-16-5-9-7-20-8-12(17)14(9)18/h2-4,9,12,14,16-18H,5-8H2,1H3/t9-,12-,14+/m1/s1. The number of nitrogens with one attached hydrogen (secondary N) is 1. The minimum atomic E-state index is -0.862. The van der Waals surface area contributed by atoms with Gasteiger partial charge in [-0.05, 0) is 12.1 Å². The van der Waals surface area contributed by atoms with Crippen molar-refractivity contribution in [1.82, 2.24) is 5.32 Å². The van der Waals surface area contributed by atoms with E-state index >= 15 is 0 Å². The molecule has 2 rings (SSSR count). The average Bonchev–Trinajstić information content (AvgIpc) is 2.45. The maximum atomic E-state index is 13.7. The van der Waals surface area contributed by atoms with E-state index in [-0.39, 0.29) is 24.9 Å². The summed E-state index contributed by atoms with van der Waals surface area (Å²) in [6.45, 7) is 1.24. The molecule has 5 nitrogen and oxygen atoms in total. The highest BCUT2D eigenvalue weighted by molar-refractivity contribution is 5.34. The zero-order valence-electron chi connectivity index (χ0n) is 11.4. The Morgan fingerprint density at radius 3 is 2.95 bits per heavy atom. The van der Waals surface area contributed by atoms with Crippen LogP contribution in [0.1, 0.15) is 5.56 Å². The molecule has 1 aliphatic heterocycles. The molecule has 112 valence electrons. The first-order valence-electron chi connectivity index (χ1n) is 6.59. The summed E-state index contributed by atoms with van der Waals surface area (Å²) in [6.07, 6.45) is -1.68. The highest BCUT2D eigenvalue weighted by atomic mass is 19.1. The highest BCUT2D eigenvalue weighted by Gasteiger charge is 2.30. The van der Waals surface area contributed by atoms with Gasteiger partial charge in [0.15, 0.2) is 0 Å². The summed E-state index contributed by atoms with van der Waals surface area (Å²) in [5, 5.41) is 22.4. The largest absolute Gasteiger partial charge is 0.496 e. The van der Waals surface area contributed by atoms with Crippen LogP contribution in [0.5, 0.6) is 5.75 Å². The van der Waals surface area contributed by atoms with Crippen LogP contribution in [0.15, 0.2) is 18.2 Å². The number of hydrogen-bond donors (Lipinski definition) is 3. The average molecular weight is 285 g/mol. The van der Waals surface area contributed by atoms with Crippen molar-refractivity contribution in [3.63, 3.8) is 0 Å². The molecule has 1 aliphatic rings. The van der Waals surface area contributed by atoms with E-state index in [9.17, 15) is 14.6 Å². The van der Waals surface area contributed by atoms with Crippen molar-refractivity contribution >= 4 is 0 Å². The monoisotopic (exact) mass is 285 g/mol. The number of ether oxygens (including phenoxy) is 2. The highest BCUT2D eigenvalue weighted by Crippen LogP contribution is 2.21. The fourth-order valence-corrected chi connectivity index (χ4v) is 2.32. The second-order valence-electron chi connectivity index (χ2n) is 4.91. The minimum Gasteiger partial charge on any atom is -0.496 e. The van der Waals surface area contributed by atoms with Crippen LogP contribution in [-0.4, -0.2) is 49.3 Å². The fourth-order valence-electron chi connectivity index (χ4n) is 2.32. The van der Waals surface area contributed by atoms with Gasteiger partial charge in [-0.3, -0.25) is 0 Å². The Morgan fingerprint density at radius 2 is 2.20 bits per heavy atom. The predicted molar refractivity (Wildman–Crippen MR) is 71.0 cm³/mol. The SMILES string of the molecule is COc1cccc(F)c1CNC[C@@H]1COC[C@@H](O)[C@H]1O. The Kier molecular flexibility index (Phi) is 5.31. The van der Waals surface area contributed by atoms with Gasteiger partial charge in [0.1, 0.15) is 17.7 Å². The molecule has 0 aliphatic carbocycles. The van der Waals surface area contributed by atoms with Crippen molar-refractivity contribution in [3.05, 3.63) is 29.6 Å². The molecule has 0 amide bonds. The Bertz CT molecular complexity index is 443. The van der Waals surface area contributed by atoms with Crippen molar-refractivity contribution in [2.75, 3.05) is 26.9 Å². The van der Waals surface area contributed by atoms with E-state index in [0.29, 0.717) is 24.5 Å². The van der Waals surface area contributed by atoms with Crippen molar-refractivity contribution in [2.45, 2.75) is 18.8 Å². The molecule has 20 heavy (non-hydrogen) atoms. The number of rotatable bonds is 5. The Hall–Kier alpha value is -1.21. The van der Waals surface area contributed by atoms with E-state index in [4.69, 9.17) is 9.47 Å². The van der Waals surface area contributed by atoms with Crippen molar-refractivity contribution in [3.8, 4) is 5.75 Å². The van der Waals surface area contributed by atoms with Gasteiger partial charge in [0.05, 0.1) is 26.4 Å². The van der Waals surface area contributed by atoms with E-state index in [1.165, 1.54) is 13.2 Å². The van der Waals surface area contributed by atoms with Gasteiger partial charge in [-0.1, -0.05) is 6.07 Å². The summed E-state index contributed by atoms with van der Waals surface area (Å²) in [6, 6.07) is 4.66. The van der Waals surface area contributed by atoms with Crippen LogP contribution in [0.3, 0.4) is 0 Å². The zero-order chi connectivity index (χ0) is 14.5. The molecule has 1 heterocycles. The van der Waals surface area contributed by atoms with E-state index in [2.05, 4.69) is 5.32 Å². The number of halogens is 1. The topological polar surface area (TPSA) is 71.0 Å². The van der Waals surface area contributed by atoms with Crippen molar-refractivity contribution in [2.24, 2.45) is 5.92 Å². The van der Waals surface area contributed by atoms with Crippen LogP contribution in [0.4, 0.5) is 4.39 Å². The van der Waals surface area contributed by atoms with Gasteiger partial charge in [-0.25, -0.2) is 4.39 Å². The normalized spacial score (nSPS) is 26.5. The summed E-state index contributed by atoms with van der Waals surface area (Å²) in [5.41, 5.74) is 0.446. The molecule has 0 unspecified atom stereocenters. The Labute approximate surface area is 117 Å². The maximum absolute atomic E-state index is 13.7. The summed E-state index contributed by atoms with van der Waals surface area (Å²) < 4.78 is 24.0. The molecule has 3 atom stereocenters. The Balaban J connectivity index is 1.90. The molecule has 0 spiro atoms. The number of benzene rings is 1. The van der Waals surface area contributed by atoms with Gasteiger partial charge in [0, 0.05) is 24.6 Å². The van der Waals surface area contributed by atoms with E-state index in [1.807, 2.05) is 0 Å². The molecule has 3 N–H and O–H groups in total. The molecular weight excluding hydrogens is 265 g/mol. The molecule has 1 fully saturated rings. The molecular formula is C14H20FNO4. The lowest BCUT2D eigenvalue weighted by molar-refractivity contribution is -0.119. The van der Waals surface area contributed by atoms with Crippen LogP contribution < -0.4 is 10.1 Å². The molecule has 6 heteroatoms. The van der Waals surface area contributed by atoms with Gasteiger partial charge in [-0.2, -0.15) is 0 Å². The van der Waals surface area contributed by atoms with Crippen LogP contribution in [-0.2, 0) is 11.3 Å². The third-order valence-electron chi connectivity index (χ3n) is 3.50. The summed E-state index contributed by atoms with van der Waals surface area (Å²) in [5.74, 6) is -0.0631. The molecule has 0 saturated carbocycles. The third-order valence-corrected chi connectivity index (χ3v) is 3.50. The fraction of sp³-hybridized carbons (Fsp3) is 0.571. The number of methoxy groups -OCH3 is 1. The molecule has 0 aromatic heterocycles. The first kappa shape index (κ1) is 15.2. The predicted octanol–water partition coefficient (Wildman–Crippen LogP) is 0.292. The van der Waals surface area contributed by atoms with Gasteiger partial charge < -0.3 is 25.0 Å². The first-order chi connectivity index (χ1) is 9.63.